The van der Waals surface area contributed by atoms with E-state index in [-0.39, 0.29) is 38.7 Å². The normalized spacial score (nSPS) is 21.0. The number of allylic oxidation sites excluding steroid dienone is 1. The predicted molar refractivity (Wildman–Crippen MR) is 155 cm³/mol. The van der Waals surface area contributed by atoms with Gasteiger partial charge in [-0.05, 0) is 47.7 Å². The SMILES string of the molecule is CC(C)(C)C[C@@H]1CN(/C(=C/C=O)c2ccc(C(=O)O)cc2)[C@H](c2cccc(Cl)c2F)[C@@]1(C#N)c1ccc(Cl)cc1F. The Labute approximate surface area is 247 Å². The molecule has 3 aromatic rings. The maximum atomic E-state index is 15.9. The van der Waals surface area contributed by atoms with E-state index in [0.717, 1.165) is 6.07 Å². The van der Waals surface area contributed by atoms with Crippen LogP contribution in [0.25, 0.3) is 5.70 Å². The molecule has 1 aliphatic rings. The minimum absolute atomic E-state index is 0.0401. The van der Waals surface area contributed by atoms with Crippen molar-refractivity contribution in [2.24, 2.45) is 11.3 Å². The summed E-state index contributed by atoms with van der Waals surface area (Å²) in [6.45, 7) is 6.15. The summed E-state index contributed by atoms with van der Waals surface area (Å²) in [6, 6.07) is 15.7. The maximum absolute atomic E-state index is 15.9. The molecule has 5 nitrogen and oxygen atoms in total. The van der Waals surface area contributed by atoms with Crippen LogP contribution < -0.4 is 0 Å². The second-order valence-corrected chi connectivity index (χ2v) is 12.2. The number of benzene rings is 3. The summed E-state index contributed by atoms with van der Waals surface area (Å²) in [5.74, 6) is -3.13. The number of carbonyl (C=O) groups excluding carboxylic acids is 1. The zero-order valence-electron chi connectivity index (χ0n) is 22.7. The quantitative estimate of drug-likeness (QED) is 0.220. The summed E-state index contributed by atoms with van der Waals surface area (Å²) in [5.41, 5.74) is -1.02. The monoisotopic (exact) mass is 596 g/mol. The lowest BCUT2D eigenvalue weighted by Crippen LogP contribution is -2.39. The molecule has 0 aliphatic carbocycles. The summed E-state index contributed by atoms with van der Waals surface area (Å²) < 4.78 is 31.7. The molecule has 9 heteroatoms. The van der Waals surface area contributed by atoms with Crippen LogP contribution in [0.4, 0.5) is 8.78 Å². The van der Waals surface area contributed by atoms with E-state index in [9.17, 15) is 20.0 Å². The van der Waals surface area contributed by atoms with Crippen LogP contribution in [0.5, 0.6) is 0 Å². The largest absolute Gasteiger partial charge is 0.478 e. The van der Waals surface area contributed by atoms with E-state index >= 15 is 8.78 Å². The standard InChI is InChI=1S/C32H28Cl2F2N2O3/c1-31(2,3)16-21-17-38(27(13-14-39)19-7-9-20(10-8-19)30(40)41)29(23-5-4-6-25(34)28(23)36)32(21,18-37)24-12-11-22(33)15-26(24)35/h4-15,21,29H,16-17H2,1-3H3,(H,40,41)/b27-13+/t21-,29-,32-/m1/s1. The third-order valence-electron chi connectivity index (χ3n) is 7.46. The second kappa shape index (κ2) is 11.6. The summed E-state index contributed by atoms with van der Waals surface area (Å²) in [7, 11) is 0. The molecule has 0 spiro atoms. The average Bonchev–Trinajstić information content (AvgIpc) is 3.21. The van der Waals surface area contributed by atoms with Crippen molar-refractivity contribution >= 4 is 41.2 Å². The second-order valence-electron chi connectivity index (χ2n) is 11.3. The molecule has 1 fully saturated rings. The first-order valence-electron chi connectivity index (χ1n) is 12.9. The van der Waals surface area contributed by atoms with Crippen molar-refractivity contribution < 1.29 is 23.5 Å². The van der Waals surface area contributed by atoms with E-state index in [1.54, 1.807) is 11.0 Å². The first kappa shape index (κ1) is 30.2. The minimum atomic E-state index is -1.64. The number of carboxylic acid groups (broad SMARTS) is 1. The molecule has 0 bridgehead atoms. The number of hydrogen-bond acceptors (Lipinski definition) is 4. The van der Waals surface area contributed by atoms with E-state index in [4.69, 9.17) is 23.2 Å². The van der Waals surface area contributed by atoms with Crippen molar-refractivity contribution in [1.82, 2.24) is 4.90 Å². The molecule has 0 radical (unpaired) electrons. The molecule has 4 rings (SSSR count). The van der Waals surface area contributed by atoms with Gasteiger partial charge in [-0.3, -0.25) is 4.79 Å². The molecule has 3 atom stereocenters. The fraction of sp³-hybridized carbons (Fsp3) is 0.281. The Balaban J connectivity index is 2.07. The van der Waals surface area contributed by atoms with Crippen LogP contribution in [0.1, 0.15) is 60.3 Å². The van der Waals surface area contributed by atoms with Gasteiger partial charge in [0, 0.05) is 40.4 Å². The lowest BCUT2D eigenvalue weighted by Gasteiger charge is -2.39. The van der Waals surface area contributed by atoms with Crippen LogP contribution in [0, 0.1) is 34.3 Å². The van der Waals surface area contributed by atoms with Crippen molar-refractivity contribution in [3.63, 3.8) is 0 Å². The van der Waals surface area contributed by atoms with Gasteiger partial charge < -0.3 is 10.0 Å². The number of hydrogen-bond donors (Lipinski definition) is 1. The first-order chi connectivity index (χ1) is 19.3. The summed E-state index contributed by atoms with van der Waals surface area (Å²) in [5, 5.41) is 20.4. The first-order valence-corrected chi connectivity index (χ1v) is 13.7. The highest BCUT2D eigenvalue weighted by molar-refractivity contribution is 6.31. The highest BCUT2D eigenvalue weighted by Gasteiger charge is 2.59. The van der Waals surface area contributed by atoms with Gasteiger partial charge in [-0.25, -0.2) is 13.6 Å². The molecular formula is C32H28Cl2F2N2O3. The number of carbonyl (C=O) groups is 2. The van der Waals surface area contributed by atoms with Crippen LogP contribution in [-0.2, 0) is 10.2 Å². The molecule has 0 amide bonds. The number of aldehydes is 1. The van der Waals surface area contributed by atoms with Gasteiger partial charge in [0.05, 0.1) is 22.7 Å². The van der Waals surface area contributed by atoms with Gasteiger partial charge in [0.15, 0.2) is 0 Å². The number of nitrogens with zero attached hydrogens (tertiary/aromatic N) is 2. The smallest absolute Gasteiger partial charge is 0.335 e. The average molecular weight is 597 g/mol. The van der Waals surface area contributed by atoms with Crippen molar-refractivity contribution in [3.05, 3.63) is 111 Å². The van der Waals surface area contributed by atoms with Crippen LogP contribution in [0.15, 0.2) is 66.7 Å². The van der Waals surface area contributed by atoms with Gasteiger partial charge in [0.2, 0.25) is 0 Å². The highest BCUT2D eigenvalue weighted by atomic mass is 35.5. The molecule has 1 heterocycles. The summed E-state index contributed by atoms with van der Waals surface area (Å²) in [6.07, 6.45) is 2.30. The zero-order chi connectivity index (χ0) is 30.1. The summed E-state index contributed by atoms with van der Waals surface area (Å²) in [4.78, 5) is 25.2. The van der Waals surface area contributed by atoms with E-state index in [0.29, 0.717) is 24.0 Å². The molecule has 1 N–H and O–H groups in total. The fourth-order valence-corrected chi connectivity index (χ4v) is 6.25. The number of likely N-dealkylation sites (tertiary alicyclic amines) is 1. The summed E-state index contributed by atoms with van der Waals surface area (Å²) >= 11 is 12.3. The van der Waals surface area contributed by atoms with Gasteiger partial charge >= 0.3 is 5.97 Å². The van der Waals surface area contributed by atoms with E-state index in [1.165, 1.54) is 54.6 Å². The molecular weight excluding hydrogens is 569 g/mol. The van der Waals surface area contributed by atoms with Gasteiger partial charge in [-0.1, -0.05) is 74.3 Å². The molecule has 0 unspecified atom stereocenters. The molecule has 0 saturated carbocycles. The minimum Gasteiger partial charge on any atom is -0.478 e. The van der Waals surface area contributed by atoms with Gasteiger partial charge in [0.1, 0.15) is 23.3 Å². The van der Waals surface area contributed by atoms with Crippen LogP contribution in [0.2, 0.25) is 10.0 Å². The third-order valence-corrected chi connectivity index (χ3v) is 7.99. The number of aromatic carboxylic acids is 1. The fourth-order valence-electron chi connectivity index (χ4n) is 5.91. The van der Waals surface area contributed by atoms with Crippen molar-refractivity contribution in [2.45, 2.75) is 38.6 Å². The zero-order valence-corrected chi connectivity index (χ0v) is 24.2. The maximum Gasteiger partial charge on any atom is 0.335 e. The topological polar surface area (TPSA) is 81.4 Å². The lowest BCUT2D eigenvalue weighted by atomic mass is 9.63. The van der Waals surface area contributed by atoms with Crippen molar-refractivity contribution in [2.75, 3.05) is 6.54 Å². The lowest BCUT2D eigenvalue weighted by molar-refractivity contribution is -0.104. The number of rotatable bonds is 7. The van der Waals surface area contributed by atoms with Crippen LogP contribution in [0.3, 0.4) is 0 Å². The molecule has 3 aromatic carbocycles. The number of carboxylic acids is 1. The Hall–Kier alpha value is -3.73. The number of nitriles is 1. The van der Waals surface area contributed by atoms with Crippen molar-refractivity contribution in [1.29, 1.82) is 5.26 Å². The Morgan fingerprint density at radius 2 is 1.78 bits per heavy atom. The molecule has 1 saturated heterocycles. The Kier molecular flexibility index (Phi) is 8.58. The van der Waals surface area contributed by atoms with E-state index < -0.39 is 35.0 Å². The van der Waals surface area contributed by atoms with Crippen LogP contribution in [-0.4, -0.2) is 28.8 Å². The van der Waals surface area contributed by atoms with Crippen LogP contribution >= 0.6 is 23.2 Å². The molecule has 1 aliphatic heterocycles. The Morgan fingerprint density at radius 3 is 2.34 bits per heavy atom. The van der Waals surface area contributed by atoms with E-state index in [1.807, 2.05) is 20.8 Å². The molecule has 41 heavy (non-hydrogen) atoms. The Morgan fingerprint density at radius 1 is 1.12 bits per heavy atom. The number of halogens is 4. The third kappa shape index (κ3) is 5.72. The van der Waals surface area contributed by atoms with E-state index in [2.05, 4.69) is 6.07 Å². The van der Waals surface area contributed by atoms with Crippen molar-refractivity contribution in [3.8, 4) is 6.07 Å². The molecule has 212 valence electrons. The van der Waals surface area contributed by atoms with Gasteiger partial charge in [-0.15, -0.1) is 0 Å². The van der Waals surface area contributed by atoms with Gasteiger partial charge in [-0.2, -0.15) is 5.26 Å². The highest BCUT2D eigenvalue weighted by Crippen LogP contribution is 2.58. The predicted octanol–water partition coefficient (Wildman–Crippen LogP) is 8.08. The van der Waals surface area contributed by atoms with Gasteiger partial charge in [0.25, 0.3) is 0 Å². The molecule has 0 aromatic heterocycles. The Bertz CT molecular complexity index is 1560.